The fraction of sp³-hybridized carbons (Fsp3) is 0.571. The summed E-state index contributed by atoms with van der Waals surface area (Å²) in [6.07, 6.45) is 2.60. The summed E-state index contributed by atoms with van der Waals surface area (Å²) in [6, 6.07) is 7.62. The van der Waals surface area contributed by atoms with Gasteiger partial charge in [-0.15, -0.1) is 0 Å². The minimum atomic E-state index is -3.53. The first kappa shape index (κ1) is 16.8. The van der Waals surface area contributed by atoms with Crippen molar-refractivity contribution in [1.29, 1.82) is 0 Å². The first-order valence-electron chi connectivity index (χ1n) is 6.95. The molecule has 0 saturated heterocycles. The fourth-order valence-corrected chi connectivity index (χ4v) is 4.63. The van der Waals surface area contributed by atoms with E-state index < -0.39 is 10.2 Å². The smallest absolute Gasteiger partial charge is 0.280 e. The number of hydrogen-bond acceptors (Lipinski definition) is 4. The monoisotopic (exact) mass is 330 g/mol. The van der Waals surface area contributed by atoms with Gasteiger partial charge in [0.2, 0.25) is 0 Å². The van der Waals surface area contributed by atoms with Crippen molar-refractivity contribution in [2.75, 3.05) is 19.4 Å². The lowest BCUT2D eigenvalue weighted by atomic mass is 10.0. The molecule has 0 radical (unpaired) electrons. The van der Waals surface area contributed by atoms with Gasteiger partial charge in [-0.2, -0.15) is 29.2 Å². The minimum absolute atomic E-state index is 0.0479. The zero-order chi connectivity index (χ0) is 15.5. The van der Waals surface area contributed by atoms with Crippen molar-refractivity contribution in [2.45, 2.75) is 31.2 Å². The van der Waals surface area contributed by atoms with Crippen LogP contribution in [0.4, 0.5) is 0 Å². The molecule has 5 nitrogen and oxygen atoms in total. The van der Waals surface area contributed by atoms with E-state index in [1.165, 1.54) is 21.6 Å². The summed E-state index contributed by atoms with van der Waals surface area (Å²) in [4.78, 5) is 0. The number of aliphatic hydroxyl groups excluding tert-OH is 1. The lowest BCUT2D eigenvalue weighted by Gasteiger charge is -2.30. The molecular formula is C14H22N2O3S2. The Labute approximate surface area is 130 Å². The van der Waals surface area contributed by atoms with Crippen LogP contribution in [0, 0.1) is 0 Å². The molecule has 2 N–H and O–H groups in total. The molecule has 0 aromatic heterocycles. The summed E-state index contributed by atoms with van der Waals surface area (Å²) in [5.74, 6) is 0. The van der Waals surface area contributed by atoms with Gasteiger partial charge in [0.15, 0.2) is 0 Å². The van der Waals surface area contributed by atoms with E-state index in [-0.39, 0.29) is 17.9 Å². The van der Waals surface area contributed by atoms with Crippen molar-refractivity contribution < 1.29 is 13.5 Å². The van der Waals surface area contributed by atoms with E-state index >= 15 is 0 Å². The van der Waals surface area contributed by atoms with Crippen LogP contribution in [0.25, 0.3) is 0 Å². The third kappa shape index (κ3) is 3.98. The van der Waals surface area contributed by atoms with Gasteiger partial charge in [0, 0.05) is 24.4 Å². The van der Waals surface area contributed by atoms with E-state index in [2.05, 4.69) is 4.72 Å². The Morgan fingerprint density at radius 3 is 2.67 bits per heavy atom. The molecular weight excluding hydrogens is 308 g/mol. The van der Waals surface area contributed by atoms with Gasteiger partial charge in [-0.25, -0.2) is 0 Å². The molecule has 2 atom stereocenters. The van der Waals surface area contributed by atoms with Gasteiger partial charge in [0.05, 0.1) is 6.61 Å². The molecule has 7 heteroatoms. The van der Waals surface area contributed by atoms with E-state index in [1.54, 1.807) is 6.92 Å². The maximum absolute atomic E-state index is 12.5. The Morgan fingerprint density at radius 2 is 2.05 bits per heavy atom. The van der Waals surface area contributed by atoms with Gasteiger partial charge < -0.3 is 5.11 Å². The molecule has 0 bridgehead atoms. The molecule has 0 amide bonds. The van der Waals surface area contributed by atoms with Crippen molar-refractivity contribution in [1.82, 2.24) is 9.03 Å². The molecule has 0 spiro atoms. The quantitative estimate of drug-likeness (QED) is 0.816. The highest BCUT2D eigenvalue weighted by Gasteiger charge is 2.29. The number of fused-ring (bicyclic) bond motifs is 1. The highest BCUT2D eigenvalue weighted by molar-refractivity contribution is 7.99. The van der Waals surface area contributed by atoms with Gasteiger partial charge in [-0.1, -0.05) is 24.3 Å². The van der Waals surface area contributed by atoms with Gasteiger partial charge in [-0.05, 0) is 30.7 Å². The number of aliphatic hydroxyl groups is 1. The summed E-state index contributed by atoms with van der Waals surface area (Å²) in [6.45, 7) is 2.63. The van der Waals surface area contributed by atoms with Crippen molar-refractivity contribution in [3.63, 3.8) is 0 Å². The van der Waals surface area contributed by atoms with Crippen molar-refractivity contribution in [3.8, 4) is 0 Å². The van der Waals surface area contributed by atoms with Crippen LogP contribution < -0.4 is 4.72 Å². The molecule has 0 saturated carbocycles. The van der Waals surface area contributed by atoms with E-state index in [9.17, 15) is 13.5 Å². The predicted octanol–water partition coefficient (Wildman–Crippen LogP) is 0.991. The molecule has 1 aliphatic rings. The SMILES string of the molecule is CSC(CO)C(C)NS(=O)(=O)N1CCc2ccccc2C1. The highest BCUT2D eigenvalue weighted by Crippen LogP contribution is 2.21. The first-order chi connectivity index (χ1) is 9.97. The molecule has 1 aliphatic heterocycles. The second kappa shape index (κ2) is 7.11. The third-order valence-corrected chi connectivity index (χ3v) is 6.63. The van der Waals surface area contributed by atoms with Crippen molar-refractivity contribution >= 4 is 22.0 Å². The molecule has 118 valence electrons. The van der Waals surface area contributed by atoms with Crippen LogP contribution in [0.2, 0.25) is 0 Å². The normalized spacial score (nSPS) is 19.0. The molecule has 1 heterocycles. The summed E-state index contributed by atoms with van der Waals surface area (Å²) in [7, 11) is -3.53. The highest BCUT2D eigenvalue weighted by atomic mass is 32.2. The maximum Gasteiger partial charge on any atom is 0.280 e. The second-order valence-corrected chi connectivity index (χ2v) is 8.00. The van der Waals surface area contributed by atoms with Crippen LogP contribution >= 0.6 is 11.8 Å². The first-order valence-corrected chi connectivity index (χ1v) is 9.68. The predicted molar refractivity (Wildman–Crippen MR) is 86.5 cm³/mol. The number of nitrogens with one attached hydrogen (secondary N) is 1. The van der Waals surface area contributed by atoms with Crippen molar-refractivity contribution in [3.05, 3.63) is 35.4 Å². The van der Waals surface area contributed by atoms with Gasteiger partial charge in [-0.3, -0.25) is 0 Å². The summed E-state index contributed by atoms with van der Waals surface area (Å²) < 4.78 is 29.1. The maximum atomic E-state index is 12.5. The average molecular weight is 330 g/mol. The molecule has 0 aliphatic carbocycles. The lowest BCUT2D eigenvalue weighted by Crippen LogP contribution is -2.49. The number of hydrogen-bond donors (Lipinski definition) is 2. The number of benzene rings is 1. The third-order valence-electron chi connectivity index (χ3n) is 3.81. The largest absolute Gasteiger partial charge is 0.395 e. The summed E-state index contributed by atoms with van der Waals surface area (Å²) >= 11 is 1.46. The average Bonchev–Trinajstić information content (AvgIpc) is 2.47. The van der Waals surface area contributed by atoms with E-state index in [1.807, 2.05) is 30.5 Å². The molecule has 0 fully saturated rings. The minimum Gasteiger partial charge on any atom is -0.395 e. The van der Waals surface area contributed by atoms with Crippen LogP contribution in [0.5, 0.6) is 0 Å². The number of rotatable bonds is 6. The van der Waals surface area contributed by atoms with Gasteiger partial charge in [0.1, 0.15) is 0 Å². The number of thioether (sulfide) groups is 1. The van der Waals surface area contributed by atoms with Crippen LogP contribution in [0.3, 0.4) is 0 Å². The molecule has 2 unspecified atom stereocenters. The fourth-order valence-electron chi connectivity index (χ4n) is 2.50. The Balaban J connectivity index is 2.08. The Hall–Kier alpha value is -0.600. The van der Waals surface area contributed by atoms with E-state index in [0.29, 0.717) is 13.1 Å². The second-order valence-electron chi connectivity index (χ2n) is 5.22. The zero-order valence-electron chi connectivity index (χ0n) is 12.3. The number of nitrogens with zero attached hydrogens (tertiary/aromatic N) is 1. The Morgan fingerprint density at radius 1 is 1.38 bits per heavy atom. The molecule has 21 heavy (non-hydrogen) atoms. The van der Waals surface area contributed by atoms with Crippen LogP contribution in [0.1, 0.15) is 18.1 Å². The van der Waals surface area contributed by atoms with Gasteiger partial charge >= 0.3 is 0 Å². The topological polar surface area (TPSA) is 69.6 Å². The van der Waals surface area contributed by atoms with Crippen LogP contribution in [-0.2, 0) is 23.2 Å². The van der Waals surface area contributed by atoms with Crippen LogP contribution in [-0.4, -0.2) is 48.5 Å². The van der Waals surface area contributed by atoms with E-state index in [0.717, 1.165) is 12.0 Å². The summed E-state index contributed by atoms with van der Waals surface area (Å²) in [5, 5.41) is 9.12. The van der Waals surface area contributed by atoms with Crippen molar-refractivity contribution in [2.24, 2.45) is 0 Å². The standard InChI is InChI=1S/C14H22N2O3S2/c1-11(14(10-17)20-2)15-21(18,19)16-8-7-12-5-3-4-6-13(12)9-16/h3-6,11,14-15,17H,7-10H2,1-2H3. The molecule has 1 aromatic carbocycles. The lowest BCUT2D eigenvalue weighted by molar-refractivity contribution is 0.280. The summed E-state index contributed by atoms with van der Waals surface area (Å²) in [5.41, 5.74) is 2.28. The van der Waals surface area contributed by atoms with Crippen LogP contribution in [0.15, 0.2) is 24.3 Å². The Bertz CT molecular complexity index is 573. The van der Waals surface area contributed by atoms with Gasteiger partial charge in [0.25, 0.3) is 10.2 Å². The Kier molecular flexibility index (Phi) is 5.67. The van der Waals surface area contributed by atoms with E-state index in [4.69, 9.17) is 0 Å². The molecule has 2 rings (SSSR count). The zero-order valence-corrected chi connectivity index (χ0v) is 14.0. The molecule has 1 aromatic rings.